The van der Waals surface area contributed by atoms with Gasteiger partial charge in [0.15, 0.2) is 0 Å². The lowest BCUT2D eigenvalue weighted by molar-refractivity contribution is -0.140. The van der Waals surface area contributed by atoms with Gasteiger partial charge < -0.3 is 0 Å². The van der Waals surface area contributed by atoms with Crippen molar-refractivity contribution in [3.63, 3.8) is 0 Å². The van der Waals surface area contributed by atoms with E-state index in [0.29, 0.717) is 24.3 Å². The number of rotatable bonds is 4. The first-order chi connectivity index (χ1) is 16.8. The molecule has 2 amide bonds. The van der Waals surface area contributed by atoms with Crippen LogP contribution in [-0.2, 0) is 12.4 Å². The molecule has 0 aliphatic carbocycles. The molecule has 1 heterocycles. The summed E-state index contributed by atoms with van der Waals surface area (Å²) in [6, 6.07) is 6.06. The van der Waals surface area contributed by atoms with Crippen LogP contribution in [0.2, 0.25) is 0 Å². The van der Waals surface area contributed by atoms with Gasteiger partial charge in [-0.05, 0) is 47.5 Å². The summed E-state index contributed by atoms with van der Waals surface area (Å²) >= 11 is 0. The van der Waals surface area contributed by atoms with E-state index >= 15 is 0 Å². The van der Waals surface area contributed by atoms with Crippen molar-refractivity contribution in [2.24, 2.45) is 9.98 Å². The van der Waals surface area contributed by atoms with Crippen LogP contribution in [0.4, 0.5) is 35.1 Å². The van der Waals surface area contributed by atoms with Gasteiger partial charge in [0.2, 0.25) is 0 Å². The molecular formula is C23H11F8N3O2. The number of halogens is 8. The fourth-order valence-electron chi connectivity index (χ4n) is 2.77. The Bertz CT molecular complexity index is 1280. The smallest absolute Gasteiger partial charge is 0.267 e. The number of carbonyl (C=O) groups excluding carboxylic acids is 2. The number of pyridine rings is 1. The second-order valence-electron chi connectivity index (χ2n) is 7.03. The van der Waals surface area contributed by atoms with E-state index < -0.39 is 52.6 Å². The van der Waals surface area contributed by atoms with Gasteiger partial charge in [0.25, 0.3) is 11.8 Å². The fraction of sp³-hybridized carbons (Fsp3) is 0.0870. The minimum Gasteiger partial charge on any atom is -0.267 e. The molecule has 0 aliphatic rings. The standard InChI is InChI=1S/C23H11F8N3O2/c24-17-3-1-12(7-15(17)22(26,27)28)10-33-20(35)14-5-6-32-19(9-14)21(36)34-11-13-2-4-18(25)16(8-13)23(29,30)31/h1-11H. The Hall–Kier alpha value is -4.29. The minimum absolute atomic E-state index is 0.209. The number of hydrogen-bond donors (Lipinski definition) is 0. The molecule has 5 nitrogen and oxygen atoms in total. The van der Waals surface area contributed by atoms with Crippen LogP contribution in [0.15, 0.2) is 64.7 Å². The summed E-state index contributed by atoms with van der Waals surface area (Å²) in [4.78, 5) is 35.1. The van der Waals surface area contributed by atoms with E-state index in [1.54, 1.807) is 0 Å². The van der Waals surface area contributed by atoms with Gasteiger partial charge in [0, 0.05) is 24.2 Å². The molecule has 36 heavy (non-hydrogen) atoms. The largest absolute Gasteiger partial charge is 0.419 e. The van der Waals surface area contributed by atoms with Gasteiger partial charge in [0.1, 0.15) is 17.3 Å². The SMILES string of the molecule is O=C(N=Cc1ccc(F)c(C(F)(F)F)c1)c1ccnc(C(=O)N=Cc2ccc(F)c(C(F)(F)F)c2)c1. The zero-order chi connectivity index (χ0) is 26.7. The van der Waals surface area contributed by atoms with E-state index in [-0.39, 0.29) is 16.7 Å². The molecule has 0 saturated carbocycles. The Balaban J connectivity index is 1.77. The topological polar surface area (TPSA) is 71.8 Å². The summed E-state index contributed by atoms with van der Waals surface area (Å²) in [5, 5.41) is 0. The molecule has 0 N–H and O–H groups in total. The summed E-state index contributed by atoms with van der Waals surface area (Å²) in [5.41, 5.74) is -4.15. The number of benzene rings is 2. The molecule has 0 radical (unpaired) electrons. The number of nitrogens with zero attached hydrogens (tertiary/aromatic N) is 3. The van der Waals surface area contributed by atoms with Gasteiger partial charge >= 0.3 is 12.4 Å². The van der Waals surface area contributed by atoms with E-state index in [1.807, 2.05) is 0 Å². The van der Waals surface area contributed by atoms with Crippen molar-refractivity contribution in [2.75, 3.05) is 0 Å². The lowest BCUT2D eigenvalue weighted by atomic mass is 10.1. The van der Waals surface area contributed by atoms with Crippen molar-refractivity contribution in [2.45, 2.75) is 12.4 Å². The highest BCUT2D eigenvalue weighted by Gasteiger charge is 2.34. The monoisotopic (exact) mass is 513 g/mol. The average molecular weight is 513 g/mol. The molecule has 0 aliphatic heterocycles. The molecule has 0 spiro atoms. The number of aliphatic imine (C=N–C) groups is 2. The van der Waals surface area contributed by atoms with Crippen molar-refractivity contribution in [3.8, 4) is 0 Å². The molecular weight excluding hydrogens is 502 g/mol. The first-order valence-electron chi connectivity index (χ1n) is 9.62. The van der Waals surface area contributed by atoms with Crippen molar-refractivity contribution < 1.29 is 44.7 Å². The first-order valence-corrected chi connectivity index (χ1v) is 9.62. The van der Waals surface area contributed by atoms with Crippen LogP contribution in [-0.4, -0.2) is 29.2 Å². The maximum absolute atomic E-state index is 13.4. The summed E-state index contributed by atoms with van der Waals surface area (Å²) < 4.78 is 104. The maximum Gasteiger partial charge on any atom is 0.419 e. The zero-order valence-corrected chi connectivity index (χ0v) is 17.5. The van der Waals surface area contributed by atoms with Crippen molar-refractivity contribution >= 4 is 24.2 Å². The quantitative estimate of drug-likeness (QED) is 0.322. The third-order valence-corrected chi connectivity index (χ3v) is 4.48. The Morgan fingerprint density at radius 3 is 1.64 bits per heavy atom. The second-order valence-corrected chi connectivity index (χ2v) is 7.03. The molecule has 3 aromatic rings. The van der Waals surface area contributed by atoms with Crippen LogP contribution in [0.1, 0.15) is 43.1 Å². The Kier molecular flexibility index (Phi) is 7.41. The number of alkyl halides is 6. The van der Waals surface area contributed by atoms with E-state index in [2.05, 4.69) is 15.0 Å². The van der Waals surface area contributed by atoms with Gasteiger partial charge in [-0.15, -0.1) is 0 Å². The van der Waals surface area contributed by atoms with Crippen LogP contribution in [0.25, 0.3) is 0 Å². The number of amides is 2. The third-order valence-electron chi connectivity index (χ3n) is 4.48. The van der Waals surface area contributed by atoms with E-state index in [9.17, 15) is 44.7 Å². The van der Waals surface area contributed by atoms with E-state index in [1.165, 1.54) is 0 Å². The summed E-state index contributed by atoms with van der Waals surface area (Å²) in [5.74, 6) is -5.05. The molecule has 0 saturated heterocycles. The van der Waals surface area contributed by atoms with E-state index in [4.69, 9.17) is 0 Å². The molecule has 3 rings (SSSR count). The highest BCUT2D eigenvalue weighted by atomic mass is 19.4. The van der Waals surface area contributed by atoms with Crippen molar-refractivity contribution in [3.05, 3.63) is 99.9 Å². The van der Waals surface area contributed by atoms with Crippen LogP contribution in [0.5, 0.6) is 0 Å². The Morgan fingerprint density at radius 1 is 0.694 bits per heavy atom. The van der Waals surface area contributed by atoms with Crippen LogP contribution >= 0.6 is 0 Å². The van der Waals surface area contributed by atoms with Crippen LogP contribution in [0, 0.1) is 11.6 Å². The minimum atomic E-state index is -4.96. The highest BCUT2D eigenvalue weighted by Crippen LogP contribution is 2.32. The number of aromatic nitrogens is 1. The molecule has 2 aromatic carbocycles. The molecule has 0 atom stereocenters. The molecule has 13 heteroatoms. The predicted molar refractivity (Wildman–Crippen MR) is 111 cm³/mol. The molecule has 186 valence electrons. The number of hydrogen-bond acceptors (Lipinski definition) is 3. The van der Waals surface area contributed by atoms with Crippen molar-refractivity contribution in [1.82, 2.24) is 4.98 Å². The first kappa shape index (κ1) is 26.3. The lowest BCUT2D eigenvalue weighted by Crippen LogP contribution is -2.09. The van der Waals surface area contributed by atoms with Crippen LogP contribution < -0.4 is 0 Å². The summed E-state index contributed by atoms with van der Waals surface area (Å²) in [6.45, 7) is 0. The van der Waals surface area contributed by atoms with Crippen LogP contribution in [0.3, 0.4) is 0 Å². The second kappa shape index (κ2) is 10.1. The highest BCUT2D eigenvalue weighted by molar-refractivity contribution is 6.05. The molecule has 0 fully saturated rings. The summed E-state index contributed by atoms with van der Waals surface area (Å²) in [6.07, 6.45) is -7.37. The zero-order valence-electron chi connectivity index (χ0n) is 17.5. The fourth-order valence-corrected chi connectivity index (χ4v) is 2.77. The third kappa shape index (κ3) is 6.43. The molecule has 1 aromatic heterocycles. The molecule has 0 unspecified atom stereocenters. The predicted octanol–water partition coefficient (Wildman–Crippen LogP) is 5.92. The average Bonchev–Trinajstić information content (AvgIpc) is 2.81. The van der Waals surface area contributed by atoms with E-state index in [0.717, 1.165) is 42.9 Å². The Labute approximate surface area is 196 Å². The van der Waals surface area contributed by atoms with Gasteiger partial charge in [-0.1, -0.05) is 12.1 Å². The maximum atomic E-state index is 13.4. The lowest BCUT2D eigenvalue weighted by Gasteiger charge is -2.08. The Morgan fingerprint density at radius 2 is 1.17 bits per heavy atom. The number of carbonyl (C=O) groups is 2. The molecule has 0 bridgehead atoms. The van der Waals surface area contributed by atoms with Gasteiger partial charge in [-0.2, -0.15) is 26.3 Å². The van der Waals surface area contributed by atoms with Gasteiger partial charge in [-0.3, -0.25) is 14.6 Å². The normalized spacial score (nSPS) is 12.4. The van der Waals surface area contributed by atoms with Gasteiger partial charge in [0.05, 0.1) is 11.1 Å². The van der Waals surface area contributed by atoms with Crippen molar-refractivity contribution in [1.29, 1.82) is 0 Å². The van der Waals surface area contributed by atoms with Gasteiger partial charge in [-0.25, -0.2) is 18.8 Å². The summed E-state index contributed by atoms with van der Waals surface area (Å²) in [7, 11) is 0.